The average molecular weight is 386 g/mol. The van der Waals surface area contributed by atoms with Crippen LogP contribution in [0.25, 0.3) is 0 Å². The maximum absolute atomic E-state index is 10.6. The van der Waals surface area contributed by atoms with Gasteiger partial charge in [0.05, 0.1) is 0 Å². The molecule has 0 saturated carbocycles. The predicted molar refractivity (Wildman–Crippen MR) is 111 cm³/mol. The minimum Gasteiger partial charge on any atom is -0.481 e. The maximum atomic E-state index is 10.6. The summed E-state index contributed by atoms with van der Waals surface area (Å²) in [4.78, 5) is 20.9. The molecule has 1 saturated heterocycles. The SMILES string of the molecule is CCCCCCCCCCCCCCCC(=O)O.COC1CCCC(=O)N1. The van der Waals surface area contributed by atoms with Crippen molar-refractivity contribution in [3.63, 3.8) is 0 Å². The summed E-state index contributed by atoms with van der Waals surface area (Å²) >= 11 is 0. The lowest BCUT2D eigenvalue weighted by Crippen LogP contribution is -2.39. The van der Waals surface area contributed by atoms with E-state index in [1.165, 1.54) is 70.6 Å². The van der Waals surface area contributed by atoms with E-state index in [0.717, 1.165) is 25.7 Å². The van der Waals surface area contributed by atoms with Crippen LogP contribution in [0.5, 0.6) is 0 Å². The van der Waals surface area contributed by atoms with E-state index in [9.17, 15) is 9.59 Å². The minimum absolute atomic E-state index is 0.0359. The van der Waals surface area contributed by atoms with Crippen LogP contribution in [0.2, 0.25) is 0 Å². The van der Waals surface area contributed by atoms with Crippen molar-refractivity contribution in [1.82, 2.24) is 5.32 Å². The molecule has 0 aromatic heterocycles. The molecule has 0 radical (unpaired) electrons. The van der Waals surface area contributed by atoms with Crippen LogP contribution >= 0.6 is 0 Å². The Morgan fingerprint density at radius 1 is 0.963 bits per heavy atom. The first kappa shape index (κ1) is 25.9. The lowest BCUT2D eigenvalue weighted by Gasteiger charge is -2.20. The van der Waals surface area contributed by atoms with Gasteiger partial charge in [0.1, 0.15) is 6.23 Å². The molecule has 1 heterocycles. The van der Waals surface area contributed by atoms with Crippen LogP contribution in [-0.2, 0) is 14.3 Å². The monoisotopic (exact) mass is 385 g/mol. The lowest BCUT2D eigenvalue weighted by atomic mass is 10.0. The van der Waals surface area contributed by atoms with Crippen LogP contribution in [0.15, 0.2) is 0 Å². The largest absolute Gasteiger partial charge is 0.481 e. The van der Waals surface area contributed by atoms with E-state index < -0.39 is 5.97 Å². The summed E-state index contributed by atoms with van der Waals surface area (Å²) in [6.07, 6.45) is 19.8. The summed E-state index contributed by atoms with van der Waals surface area (Å²) < 4.78 is 4.93. The number of hydrogen-bond donors (Lipinski definition) is 2. The van der Waals surface area contributed by atoms with Gasteiger partial charge < -0.3 is 15.2 Å². The van der Waals surface area contributed by atoms with Crippen LogP contribution in [-0.4, -0.2) is 30.3 Å². The topological polar surface area (TPSA) is 75.6 Å². The predicted octanol–water partition coefficient (Wildman–Crippen LogP) is 5.81. The molecular formula is C22H43NO4. The number of carbonyl (C=O) groups excluding carboxylic acids is 1. The third-order valence-electron chi connectivity index (χ3n) is 4.97. The van der Waals surface area contributed by atoms with Crippen molar-refractivity contribution in [2.24, 2.45) is 0 Å². The molecule has 1 aliphatic rings. The van der Waals surface area contributed by atoms with Crippen molar-refractivity contribution < 1.29 is 19.4 Å². The van der Waals surface area contributed by atoms with Crippen LogP contribution in [0.3, 0.4) is 0 Å². The molecule has 0 aromatic rings. The summed E-state index contributed by atoms with van der Waals surface area (Å²) in [6.45, 7) is 2.26. The van der Waals surface area contributed by atoms with Gasteiger partial charge in [-0.2, -0.15) is 0 Å². The van der Waals surface area contributed by atoms with Gasteiger partial charge in [0.2, 0.25) is 5.91 Å². The Kier molecular flexibility index (Phi) is 18.9. The molecule has 1 fully saturated rings. The van der Waals surface area contributed by atoms with Gasteiger partial charge in [-0.1, -0.05) is 84.0 Å². The highest BCUT2D eigenvalue weighted by molar-refractivity contribution is 5.76. The second kappa shape index (κ2) is 19.7. The summed E-state index contributed by atoms with van der Waals surface area (Å²) in [5, 5.41) is 11.2. The Hall–Kier alpha value is -1.10. The number of unbranched alkanes of at least 4 members (excludes halogenated alkanes) is 12. The number of rotatable bonds is 15. The Morgan fingerprint density at radius 3 is 1.81 bits per heavy atom. The molecule has 0 bridgehead atoms. The van der Waals surface area contributed by atoms with Crippen molar-refractivity contribution in [3.8, 4) is 0 Å². The number of ether oxygens (including phenoxy) is 1. The van der Waals surface area contributed by atoms with Gasteiger partial charge in [-0.25, -0.2) is 0 Å². The molecule has 1 rings (SSSR count). The van der Waals surface area contributed by atoms with Gasteiger partial charge in [-0.15, -0.1) is 0 Å². The standard InChI is InChI=1S/C16H32O2.C6H11NO2/c1-2-3-4-5-6-7-8-9-10-11-12-13-14-15-16(17)18;1-9-6-4-2-3-5(8)7-6/h2-15H2,1H3,(H,17,18);6H,2-4H2,1H3,(H,7,8). The van der Waals surface area contributed by atoms with Gasteiger partial charge >= 0.3 is 5.97 Å². The zero-order valence-corrected chi connectivity index (χ0v) is 17.8. The summed E-state index contributed by atoms with van der Waals surface area (Å²) in [5.74, 6) is -0.550. The summed E-state index contributed by atoms with van der Waals surface area (Å²) in [7, 11) is 1.61. The van der Waals surface area contributed by atoms with Crippen molar-refractivity contribution in [2.45, 2.75) is 122 Å². The number of methoxy groups -OCH3 is 1. The highest BCUT2D eigenvalue weighted by Crippen LogP contribution is 2.12. The number of amides is 1. The minimum atomic E-state index is -0.655. The van der Waals surface area contributed by atoms with Gasteiger partial charge in [0.15, 0.2) is 0 Å². The number of hydrogen-bond acceptors (Lipinski definition) is 3. The summed E-state index contributed by atoms with van der Waals surface area (Å²) in [5.41, 5.74) is 0. The van der Waals surface area contributed by atoms with Crippen molar-refractivity contribution in [3.05, 3.63) is 0 Å². The van der Waals surface area contributed by atoms with E-state index in [4.69, 9.17) is 9.84 Å². The Morgan fingerprint density at radius 2 is 1.44 bits per heavy atom. The fourth-order valence-corrected chi connectivity index (χ4v) is 3.24. The molecule has 5 nitrogen and oxygen atoms in total. The zero-order valence-electron chi connectivity index (χ0n) is 17.8. The molecule has 1 aliphatic heterocycles. The van der Waals surface area contributed by atoms with E-state index in [-0.39, 0.29) is 12.1 Å². The van der Waals surface area contributed by atoms with Crippen molar-refractivity contribution in [2.75, 3.05) is 7.11 Å². The van der Waals surface area contributed by atoms with Crippen molar-refractivity contribution in [1.29, 1.82) is 0 Å². The molecule has 160 valence electrons. The van der Waals surface area contributed by atoms with E-state index >= 15 is 0 Å². The van der Waals surface area contributed by atoms with E-state index in [1.807, 2.05) is 0 Å². The van der Waals surface area contributed by atoms with Gasteiger partial charge in [-0.3, -0.25) is 9.59 Å². The smallest absolute Gasteiger partial charge is 0.303 e. The molecule has 1 amide bonds. The summed E-state index contributed by atoms with van der Waals surface area (Å²) in [6, 6.07) is 0. The fraction of sp³-hybridized carbons (Fsp3) is 0.909. The van der Waals surface area contributed by atoms with Crippen molar-refractivity contribution >= 4 is 11.9 Å². The third-order valence-corrected chi connectivity index (χ3v) is 4.97. The molecule has 27 heavy (non-hydrogen) atoms. The normalized spacial score (nSPS) is 16.4. The highest BCUT2D eigenvalue weighted by atomic mass is 16.5. The molecule has 0 aromatic carbocycles. The number of carboxylic acids is 1. The molecule has 0 spiro atoms. The van der Waals surface area contributed by atoms with E-state index in [0.29, 0.717) is 12.8 Å². The van der Waals surface area contributed by atoms with Crippen LogP contribution < -0.4 is 5.32 Å². The quantitative estimate of drug-likeness (QED) is 0.349. The molecular weight excluding hydrogens is 342 g/mol. The Labute approximate surface area is 166 Å². The van der Waals surface area contributed by atoms with Gasteiger partial charge in [0.25, 0.3) is 0 Å². The number of piperidine rings is 1. The molecule has 1 unspecified atom stereocenters. The van der Waals surface area contributed by atoms with Crippen LogP contribution in [0.1, 0.15) is 116 Å². The molecule has 0 aliphatic carbocycles. The Bertz CT molecular complexity index is 360. The third kappa shape index (κ3) is 19.5. The number of carbonyl (C=O) groups is 2. The van der Waals surface area contributed by atoms with Gasteiger partial charge in [-0.05, 0) is 19.3 Å². The number of nitrogens with one attached hydrogen (secondary N) is 1. The fourth-order valence-electron chi connectivity index (χ4n) is 3.24. The highest BCUT2D eigenvalue weighted by Gasteiger charge is 2.16. The number of aliphatic carboxylic acids is 1. The average Bonchev–Trinajstić information content (AvgIpc) is 2.66. The second-order valence-electron chi connectivity index (χ2n) is 7.57. The van der Waals surface area contributed by atoms with Gasteiger partial charge in [0, 0.05) is 20.0 Å². The first-order chi connectivity index (χ1) is 13.1. The van der Waals surface area contributed by atoms with E-state index in [1.54, 1.807) is 7.11 Å². The number of carboxylic acid groups (broad SMARTS) is 1. The van der Waals surface area contributed by atoms with Crippen LogP contribution in [0.4, 0.5) is 0 Å². The molecule has 1 atom stereocenters. The maximum Gasteiger partial charge on any atom is 0.303 e. The van der Waals surface area contributed by atoms with E-state index in [2.05, 4.69) is 12.2 Å². The first-order valence-electron chi connectivity index (χ1n) is 11.1. The van der Waals surface area contributed by atoms with Crippen LogP contribution in [0, 0.1) is 0 Å². The molecule has 2 N–H and O–H groups in total. The zero-order chi connectivity index (χ0) is 20.2. The molecule has 5 heteroatoms. The lowest BCUT2D eigenvalue weighted by molar-refractivity contribution is -0.137. The Balaban J connectivity index is 0.000000621. The second-order valence-corrected chi connectivity index (χ2v) is 7.57. The first-order valence-corrected chi connectivity index (χ1v) is 11.1.